The molecule has 0 aromatic carbocycles. The van der Waals surface area contributed by atoms with Crippen molar-refractivity contribution in [2.24, 2.45) is 5.90 Å². The number of nitrogens with two attached hydrogens (primary N) is 1. The van der Waals surface area contributed by atoms with E-state index >= 15 is 0 Å². The first-order valence-corrected chi connectivity index (χ1v) is 4.07. The van der Waals surface area contributed by atoms with Crippen molar-refractivity contribution in [2.45, 2.75) is 11.9 Å². The molecule has 1 rings (SSSR count). The minimum atomic E-state index is -0.545. The predicted octanol–water partition coefficient (Wildman–Crippen LogP) is 1.92. The Morgan fingerprint density at radius 1 is 1.82 bits per heavy atom. The summed E-state index contributed by atoms with van der Waals surface area (Å²) in [6.45, 7) is 1.73. The average molecular weight is 241 g/mol. The van der Waals surface area contributed by atoms with Gasteiger partial charge in [0.1, 0.15) is 5.02 Å². The van der Waals surface area contributed by atoms with E-state index in [1.807, 2.05) is 0 Å². The second-order valence-electron chi connectivity index (χ2n) is 1.90. The van der Waals surface area contributed by atoms with Gasteiger partial charge in [-0.2, -0.15) is 0 Å². The van der Waals surface area contributed by atoms with Gasteiger partial charge in [-0.05, 0) is 22.9 Å². The number of aromatic nitrogens is 1. The molecule has 1 aromatic rings. The van der Waals surface area contributed by atoms with E-state index in [2.05, 4.69) is 25.9 Å². The van der Waals surface area contributed by atoms with Crippen molar-refractivity contribution in [3.63, 3.8) is 0 Å². The number of rotatable bonds is 2. The molecular formula is C5H6BrClN2O2. The zero-order valence-corrected chi connectivity index (χ0v) is 8.02. The first-order valence-electron chi connectivity index (χ1n) is 2.78. The van der Waals surface area contributed by atoms with Crippen molar-refractivity contribution < 1.29 is 9.36 Å². The summed E-state index contributed by atoms with van der Waals surface area (Å²) < 4.78 is 4.81. The molecule has 1 heterocycles. The van der Waals surface area contributed by atoms with Crippen molar-refractivity contribution in [1.29, 1.82) is 0 Å². The van der Waals surface area contributed by atoms with Gasteiger partial charge in [0.25, 0.3) is 0 Å². The summed E-state index contributed by atoms with van der Waals surface area (Å²) in [7, 11) is 0. The summed E-state index contributed by atoms with van der Waals surface area (Å²) in [5, 5.41) is 3.50. The molecule has 0 spiro atoms. The Hall–Kier alpha value is -0.100. The number of aryl methyl sites for hydroxylation is 1. The predicted molar refractivity (Wildman–Crippen MR) is 43.2 cm³/mol. The third-order valence-electron chi connectivity index (χ3n) is 1.14. The van der Waals surface area contributed by atoms with Gasteiger partial charge < -0.3 is 4.52 Å². The molecule has 0 fully saturated rings. The van der Waals surface area contributed by atoms with Crippen LogP contribution < -0.4 is 5.90 Å². The molecule has 1 atom stereocenters. The molecule has 1 unspecified atom stereocenters. The third kappa shape index (κ3) is 1.73. The van der Waals surface area contributed by atoms with E-state index < -0.39 is 5.01 Å². The lowest BCUT2D eigenvalue weighted by Crippen LogP contribution is -2.01. The van der Waals surface area contributed by atoms with E-state index in [4.69, 9.17) is 22.0 Å². The monoisotopic (exact) mass is 240 g/mol. The van der Waals surface area contributed by atoms with E-state index in [0.29, 0.717) is 16.5 Å². The summed E-state index contributed by atoms with van der Waals surface area (Å²) in [4.78, 5) is 4.43. The van der Waals surface area contributed by atoms with Crippen LogP contribution in [-0.2, 0) is 4.84 Å². The molecule has 6 heteroatoms. The lowest BCUT2D eigenvalue weighted by Gasteiger charge is -2.00. The second kappa shape index (κ2) is 3.53. The zero-order chi connectivity index (χ0) is 8.43. The van der Waals surface area contributed by atoms with Crippen LogP contribution in [-0.4, -0.2) is 5.16 Å². The molecule has 0 radical (unpaired) electrons. The highest BCUT2D eigenvalue weighted by Crippen LogP contribution is 2.30. The zero-order valence-electron chi connectivity index (χ0n) is 5.67. The maximum absolute atomic E-state index is 5.76. The largest absolute Gasteiger partial charge is 0.356 e. The minimum Gasteiger partial charge on any atom is -0.356 e. The molecule has 0 bridgehead atoms. The molecule has 0 saturated carbocycles. The van der Waals surface area contributed by atoms with Gasteiger partial charge in [0.15, 0.2) is 10.8 Å². The standard InChI is InChI=1S/C5H6BrClN2O2/c1-2-3(7)4(11-9-2)5(6)10-8/h5H,8H2,1H3. The molecule has 11 heavy (non-hydrogen) atoms. The first kappa shape index (κ1) is 8.99. The van der Waals surface area contributed by atoms with Crippen LogP contribution in [0.2, 0.25) is 5.02 Å². The smallest absolute Gasteiger partial charge is 0.197 e. The number of halogens is 2. The van der Waals surface area contributed by atoms with E-state index in [1.165, 1.54) is 0 Å². The number of nitrogens with zero attached hydrogens (tertiary/aromatic N) is 1. The van der Waals surface area contributed by atoms with Gasteiger partial charge in [-0.15, -0.1) is 0 Å². The quantitative estimate of drug-likeness (QED) is 0.635. The molecule has 0 saturated heterocycles. The second-order valence-corrected chi connectivity index (χ2v) is 3.11. The summed E-state index contributed by atoms with van der Waals surface area (Å²) in [5.41, 5.74) is 0.614. The third-order valence-corrected chi connectivity index (χ3v) is 2.23. The van der Waals surface area contributed by atoms with Crippen molar-refractivity contribution in [3.05, 3.63) is 16.5 Å². The van der Waals surface area contributed by atoms with Gasteiger partial charge in [0.05, 0.1) is 5.69 Å². The van der Waals surface area contributed by atoms with E-state index in [0.717, 1.165) is 0 Å². The molecule has 2 N–H and O–H groups in total. The molecule has 1 aromatic heterocycles. The minimum absolute atomic E-state index is 0.381. The highest BCUT2D eigenvalue weighted by molar-refractivity contribution is 9.09. The summed E-state index contributed by atoms with van der Waals surface area (Å²) in [5.74, 6) is 5.27. The highest BCUT2D eigenvalue weighted by Gasteiger charge is 2.18. The van der Waals surface area contributed by atoms with Crippen LogP contribution in [0.15, 0.2) is 4.52 Å². The first-order chi connectivity index (χ1) is 5.16. The van der Waals surface area contributed by atoms with Crippen LogP contribution >= 0.6 is 27.5 Å². The Morgan fingerprint density at radius 3 is 2.82 bits per heavy atom. The van der Waals surface area contributed by atoms with Crippen LogP contribution in [0.25, 0.3) is 0 Å². The summed E-state index contributed by atoms with van der Waals surface area (Å²) in [6, 6.07) is 0. The van der Waals surface area contributed by atoms with Crippen molar-refractivity contribution in [3.8, 4) is 0 Å². The van der Waals surface area contributed by atoms with Crippen molar-refractivity contribution >= 4 is 27.5 Å². The molecular weight excluding hydrogens is 235 g/mol. The van der Waals surface area contributed by atoms with Gasteiger partial charge in [-0.3, -0.25) is 4.84 Å². The average Bonchev–Trinajstić information content (AvgIpc) is 2.32. The Labute approximate surface area is 76.7 Å². The number of hydrogen-bond donors (Lipinski definition) is 1. The Morgan fingerprint density at radius 2 is 2.45 bits per heavy atom. The summed E-state index contributed by atoms with van der Waals surface area (Å²) in [6.07, 6.45) is 0. The number of alkyl halides is 1. The van der Waals surface area contributed by atoms with Crippen LogP contribution in [0.3, 0.4) is 0 Å². The molecule has 62 valence electrons. The van der Waals surface area contributed by atoms with Gasteiger partial charge >= 0.3 is 0 Å². The maximum atomic E-state index is 5.76. The SMILES string of the molecule is Cc1noc(C(Br)ON)c1Cl. The van der Waals surface area contributed by atoms with Gasteiger partial charge in [-0.25, -0.2) is 5.90 Å². The van der Waals surface area contributed by atoms with Crippen LogP contribution in [0.1, 0.15) is 16.5 Å². The molecule has 0 aliphatic rings. The number of hydrogen-bond acceptors (Lipinski definition) is 4. The van der Waals surface area contributed by atoms with Crippen LogP contribution in [0.4, 0.5) is 0 Å². The van der Waals surface area contributed by atoms with E-state index in [-0.39, 0.29) is 0 Å². The molecule has 4 nitrogen and oxygen atoms in total. The Kier molecular flexibility index (Phi) is 2.89. The van der Waals surface area contributed by atoms with Gasteiger partial charge in [0, 0.05) is 0 Å². The molecule has 0 aliphatic carbocycles. The van der Waals surface area contributed by atoms with Crippen LogP contribution in [0, 0.1) is 6.92 Å². The van der Waals surface area contributed by atoms with E-state index in [9.17, 15) is 0 Å². The fourth-order valence-corrected chi connectivity index (χ4v) is 1.19. The summed E-state index contributed by atoms with van der Waals surface area (Å²) >= 11 is 8.84. The Balaban J connectivity index is 2.94. The van der Waals surface area contributed by atoms with Crippen molar-refractivity contribution in [1.82, 2.24) is 5.16 Å². The normalized spacial score (nSPS) is 13.5. The maximum Gasteiger partial charge on any atom is 0.197 e. The van der Waals surface area contributed by atoms with Gasteiger partial charge in [-0.1, -0.05) is 16.8 Å². The Bertz CT molecular complexity index is 253. The lowest BCUT2D eigenvalue weighted by molar-refractivity contribution is 0.100. The molecule has 0 amide bonds. The highest BCUT2D eigenvalue weighted by atomic mass is 79.9. The van der Waals surface area contributed by atoms with E-state index in [1.54, 1.807) is 6.92 Å². The van der Waals surface area contributed by atoms with Crippen LogP contribution in [0.5, 0.6) is 0 Å². The van der Waals surface area contributed by atoms with Crippen molar-refractivity contribution in [2.75, 3.05) is 0 Å². The van der Waals surface area contributed by atoms with Gasteiger partial charge in [0.2, 0.25) is 0 Å². The fourth-order valence-electron chi connectivity index (χ4n) is 0.579. The fraction of sp³-hybridized carbons (Fsp3) is 0.400. The molecule has 0 aliphatic heterocycles. The topological polar surface area (TPSA) is 61.3 Å². The lowest BCUT2D eigenvalue weighted by atomic mass is 10.4.